The summed E-state index contributed by atoms with van der Waals surface area (Å²) in [6.07, 6.45) is 2.24. The van der Waals surface area contributed by atoms with Gasteiger partial charge in [-0.1, -0.05) is 0 Å². The lowest BCUT2D eigenvalue weighted by molar-refractivity contribution is 0.0955. The van der Waals surface area contributed by atoms with Crippen LogP contribution in [0.4, 0.5) is 15.8 Å². The Hall–Kier alpha value is -4.05. The number of imidazole rings is 1. The van der Waals surface area contributed by atoms with Crippen LogP contribution in [0.1, 0.15) is 44.2 Å². The number of carbonyl (C=O) groups excluding carboxylic acids is 3. The van der Waals surface area contributed by atoms with Crippen LogP contribution >= 0.6 is 0 Å². The van der Waals surface area contributed by atoms with Crippen molar-refractivity contribution in [1.82, 2.24) is 14.9 Å². The standard InChI is InChI=1S/C24H26FN5O4/c1-30(2)12-4-5-19(31)21-22(27-14-26-21)24(33)28-17-10-11-18(20(13-17)34-3)29-23(32)15-6-8-16(25)9-7-15/h6-11,13-14H,4-5,12H2,1-3H3,(H,26,27)(H,28,33)(H,29,32). The van der Waals surface area contributed by atoms with Gasteiger partial charge in [-0.3, -0.25) is 14.4 Å². The third kappa shape index (κ3) is 6.26. The van der Waals surface area contributed by atoms with E-state index in [1.54, 1.807) is 12.1 Å². The van der Waals surface area contributed by atoms with Crippen molar-refractivity contribution < 1.29 is 23.5 Å². The van der Waals surface area contributed by atoms with Gasteiger partial charge in [-0.25, -0.2) is 9.37 Å². The molecule has 0 bridgehead atoms. The SMILES string of the molecule is COc1cc(NC(=O)c2[nH]cnc2C(=O)CCCN(C)C)ccc1NC(=O)c1ccc(F)cc1. The van der Waals surface area contributed by atoms with Gasteiger partial charge >= 0.3 is 0 Å². The maximum atomic E-state index is 13.1. The van der Waals surface area contributed by atoms with Gasteiger partial charge in [-0.2, -0.15) is 0 Å². The first-order valence-electron chi connectivity index (χ1n) is 10.6. The predicted octanol–water partition coefficient (Wildman–Crippen LogP) is 3.59. The summed E-state index contributed by atoms with van der Waals surface area (Å²) < 4.78 is 18.4. The van der Waals surface area contributed by atoms with Crippen molar-refractivity contribution in [2.45, 2.75) is 12.8 Å². The minimum atomic E-state index is -0.529. The first-order chi connectivity index (χ1) is 16.3. The topological polar surface area (TPSA) is 116 Å². The van der Waals surface area contributed by atoms with E-state index in [2.05, 4.69) is 20.6 Å². The Morgan fingerprint density at radius 1 is 1.06 bits per heavy atom. The number of amides is 2. The molecule has 0 atom stereocenters. The minimum Gasteiger partial charge on any atom is -0.494 e. The zero-order valence-electron chi connectivity index (χ0n) is 19.1. The van der Waals surface area contributed by atoms with Gasteiger partial charge in [-0.05, 0) is 63.5 Å². The van der Waals surface area contributed by atoms with Gasteiger partial charge in [0.25, 0.3) is 11.8 Å². The van der Waals surface area contributed by atoms with Crippen LogP contribution in [0.25, 0.3) is 0 Å². The molecule has 178 valence electrons. The molecule has 3 aromatic rings. The van der Waals surface area contributed by atoms with E-state index in [9.17, 15) is 18.8 Å². The number of Topliss-reactive ketones (excluding diaryl/α,β-unsaturated/α-hetero) is 1. The van der Waals surface area contributed by atoms with Crippen LogP contribution in [0.2, 0.25) is 0 Å². The van der Waals surface area contributed by atoms with Crippen molar-refractivity contribution in [3.63, 3.8) is 0 Å². The molecule has 0 saturated heterocycles. The Morgan fingerprint density at radius 3 is 2.47 bits per heavy atom. The molecular weight excluding hydrogens is 441 g/mol. The summed E-state index contributed by atoms with van der Waals surface area (Å²) >= 11 is 0. The van der Waals surface area contributed by atoms with Crippen LogP contribution in [-0.2, 0) is 0 Å². The Kier molecular flexibility index (Phi) is 8.10. The number of ether oxygens (including phenoxy) is 1. The highest BCUT2D eigenvalue weighted by Crippen LogP contribution is 2.29. The third-order valence-corrected chi connectivity index (χ3v) is 4.95. The average Bonchev–Trinajstić information content (AvgIpc) is 3.30. The first kappa shape index (κ1) is 24.6. The molecule has 0 unspecified atom stereocenters. The molecular formula is C24H26FN5O4. The Bertz CT molecular complexity index is 1170. The number of H-pyrrole nitrogens is 1. The number of aromatic nitrogens is 2. The number of rotatable bonds is 10. The molecule has 3 N–H and O–H groups in total. The molecule has 0 radical (unpaired) electrons. The van der Waals surface area contributed by atoms with E-state index in [0.717, 1.165) is 6.54 Å². The molecule has 34 heavy (non-hydrogen) atoms. The number of carbonyl (C=O) groups is 3. The van der Waals surface area contributed by atoms with Crippen LogP contribution in [0.3, 0.4) is 0 Å². The molecule has 10 heteroatoms. The second-order valence-corrected chi connectivity index (χ2v) is 7.79. The number of hydrogen-bond acceptors (Lipinski definition) is 6. The van der Waals surface area contributed by atoms with Gasteiger partial charge in [0.15, 0.2) is 5.78 Å². The molecule has 0 saturated carbocycles. The Labute approximate surface area is 196 Å². The van der Waals surface area contributed by atoms with Crippen LogP contribution in [0.15, 0.2) is 48.8 Å². The molecule has 0 fully saturated rings. The number of methoxy groups -OCH3 is 1. The average molecular weight is 468 g/mol. The van der Waals surface area contributed by atoms with Crippen LogP contribution in [-0.4, -0.2) is 60.2 Å². The largest absolute Gasteiger partial charge is 0.494 e. The summed E-state index contributed by atoms with van der Waals surface area (Å²) in [7, 11) is 5.27. The number of nitrogens with one attached hydrogen (secondary N) is 3. The second-order valence-electron chi connectivity index (χ2n) is 7.79. The second kappa shape index (κ2) is 11.2. The highest BCUT2D eigenvalue weighted by atomic mass is 19.1. The van der Waals surface area contributed by atoms with Gasteiger partial charge in [0, 0.05) is 23.7 Å². The number of benzene rings is 2. The van der Waals surface area contributed by atoms with Gasteiger partial charge in [0.1, 0.15) is 23.0 Å². The molecule has 2 aromatic carbocycles. The summed E-state index contributed by atoms with van der Waals surface area (Å²) in [5.74, 6) is -1.32. The van der Waals surface area contributed by atoms with Gasteiger partial charge in [0.2, 0.25) is 0 Å². The van der Waals surface area contributed by atoms with Gasteiger partial charge in [-0.15, -0.1) is 0 Å². The molecule has 0 aliphatic heterocycles. The van der Waals surface area contributed by atoms with E-state index >= 15 is 0 Å². The lowest BCUT2D eigenvalue weighted by Crippen LogP contribution is -2.18. The first-order valence-corrected chi connectivity index (χ1v) is 10.6. The number of nitrogens with zero attached hydrogens (tertiary/aromatic N) is 2. The lowest BCUT2D eigenvalue weighted by Gasteiger charge is -2.13. The van der Waals surface area contributed by atoms with E-state index in [-0.39, 0.29) is 29.2 Å². The van der Waals surface area contributed by atoms with Gasteiger partial charge < -0.3 is 25.3 Å². The molecule has 1 heterocycles. The van der Waals surface area contributed by atoms with E-state index in [1.165, 1.54) is 43.8 Å². The molecule has 0 aliphatic rings. The van der Waals surface area contributed by atoms with Gasteiger partial charge in [0.05, 0.1) is 19.1 Å². The van der Waals surface area contributed by atoms with Crippen molar-refractivity contribution in [3.05, 3.63) is 71.6 Å². The molecule has 0 aliphatic carbocycles. The fourth-order valence-electron chi connectivity index (χ4n) is 3.21. The Balaban J connectivity index is 1.69. The minimum absolute atomic E-state index is 0.0718. The fourth-order valence-corrected chi connectivity index (χ4v) is 3.21. The number of aromatic amines is 1. The van der Waals surface area contributed by atoms with E-state index in [4.69, 9.17) is 4.74 Å². The monoisotopic (exact) mass is 467 g/mol. The molecule has 9 nitrogen and oxygen atoms in total. The van der Waals surface area contributed by atoms with Crippen LogP contribution in [0, 0.1) is 5.82 Å². The number of halogens is 1. The van der Waals surface area contributed by atoms with Crippen molar-refractivity contribution >= 4 is 29.0 Å². The quantitative estimate of drug-likeness (QED) is 0.393. The van der Waals surface area contributed by atoms with Crippen molar-refractivity contribution in [3.8, 4) is 5.75 Å². The molecule has 1 aromatic heterocycles. The Morgan fingerprint density at radius 2 is 1.79 bits per heavy atom. The van der Waals surface area contributed by atoms with Crippen molar-refractivity contribution in [2.75, 3.05) is 38.4 Å². The smallest absolute Gasteiger partial charge is 0.274 e. The molecule has 2 amide bonds. The number of hydrogen-bond donors (Lipinski definition) is 3. The maximum absolute atomic E-state index is 13.1. The number of anilines is 2. The van der Waals surface area contributed by atoms with E-state index in [0.29, 0.717) is 23.5 Å². The zero-order chi connectivity index (χ0) is 24.7. The molecule has 3 rings (SSSR count). The fraction of sp³-hybridized carbons (Fsp3) is 0.250. The third-order valence-electron chi connectivity index (χ3n) is 4.95. The predicted molar refractivity (Wildman–Crippen MR) is 126 cm³/mol. The summed E-state index contributed by atoms with van der Waals surface area (Å²) in [6, 6.07) is 9.81. The highest BCUT2D eigenvalue weighted by molar-refractivity contribution is 6.11. The van der Waals surface area contributed by atoms with Crippen LogP contribution in [0.5, 0.6) is 5.75 Å². The zero-order valence-corrected chi connectivity index (χ0v) is 19.1. The summed E-state index contributed by atoms with van der Waals surface area (Å²) in [5.41, 5.74) is 1.20. The van der Waals surface area contributed by atoms with E-state index < -0.39 is 17.6 Å². The lowest BCUT2D eigenvalue weighted by atomic mass is 10.1. The summed E-state index contributed by atoms with van der Waals surface area (Å²) in [5, 5.41) is 5.40. The number of ketones is 1. The summed E-state index contributed by atoms with van der Waals surface area (Å²) in [4.78, 5) is 46.4. The van der Waals surface area contributed by atoms with Crippen molar-refractivity contribution in [1.29, 1.82) is 0 Å². The normalized spacial score (nSPS) is 10.7. The van der Waals surface area contributed by atoms with Crippen molar-refractivity contribution in [2.24, 2.45) is 0 Å². The highest BCUT2D eigenvalue weighted by Gasteiger charge is 2.21. The molecule has 0 spiro atoms. The summed E-state index contributed by atoms with van der Waals surface area (Å²) in [6.45, 7) is 0.752. The van der Waals surface area contributed by atoms with E-state index in [1.807, 2.05) is 19.0 Å². The maximum Gasteiger partial charge on any atom is 0.274 e. The van der Waals surface area contributed by atoms with Crippen LogP contribution < -0.4 is 15.4 Å².